The molecule has 0 aromatic heterocycles. The number of aliphatic hydroxyl groups is 2. The standard InChI is InChI=1S/C18H29NO2/c1-14-10-15(2)12-16(11-14)17(20)6-9-19(3)13-18(21)7-4-5-8-18/h10-12,17,20-21H,4-9,13H2,1-3H3. The van der Waals surface area contributed by atoms with Gasteiger partial charge in [0.05, 0.1) is 11.7 Å². The Labute approximate surface area is 128 Å². The summed E-state index contributed by atoms with van der Waals surface area (Å²) in [6.45, 7) is 5.64. The van der Waals surface area contributed by atoms with Crippen molar-refractivity contribution in [1.29, 1.82) is 0 Å². The Morgan fingerprint density at radius 3 is 2.29 bits per heavy atom. The van der Waals surface area contributed by atoms with Gasteiger partial charge in [-0.05, 0) is 45.7 Å². The quantitative estimate of drug-likeness (QED) is 0.847. The van der Waals surface area contributed by atoms with Crippen molar-refractivity contribution in [2.45, 2.75) is 57.7 Å². The van der Waals surface area contributed by atoms with Crippen LogP contribution in [-0.2, 0) is 0 Å². The second-order valence-corrected chi connectivity index (χ2v) is 6.89. The Kier molecular flexibility index (Phi) is 5.42. The van der Waals surface area contributed by atoms with Crippen LogP contribution in [-0.4, -0.2) is 40.9 Å². The molecule has 0 radical (unpaired) electrons. The number of nitrogens with zero attached hydrogens (tertiary/aromatic N) is 1. The molecule has 118 valence electrons. The summed E-state index contributed by atoms with van der Waals surface area (Å²) < 4.78 is 0. The van der Waals surface area contributed by atoms with Crippen LogP contribution in [0.2, 0.25) is 0 Å². The molecule has 0 bridgehead atoms. The minimum atomic E-state index is -0.500. The van der Waals surface area contributed by atoms with Crippen LogP contribution in [0, 0.1) is 13.8 Å². The summed E-state index contributed by atoms with van der Waals surface area (Å²) in [6, 6.07) is 6.24. The molecule has 1 aliphatic rings. The lowest BCUT2D eigenvalue weighted by Crippen LogP contribution is -2.39. The van der Waals surface area contributed by atoms with Gasteiger partial charge in [0.15, 0.2) is 0 Å². The van der Waals surface area contributed by atoms with Gasteiger partial charge >= 0.3 is 0 Å². The van der Waals surface area contributed by atoms with Crippen molar-refractivity contribution < 1.29 is 10.2 Å². The number of likely N-dealkylation sites (N-methyl/N-ethyl adjacent to an activating group) is 1. The van der Waals surface area contributed by atoms with Crippen molar-refractivity contribution in [3.63, 3.8) is 0 Å². The molecule has 0 saturated heterocycles. The van der Waals surface area contributed by atoms with Crippen LogP contribution >= 0.6 is 0 Å². The van der Waals surface area contributed by atoms with E-state index in [1.54, 1.807) is 0 Å². The van der Waals surface area contributed by atoms with Crippen molar-refractivity contribution >= 4 is 0 Å². The summed E-state index contributed by atoms with van der Waals surface area (Å²) in [5.74, 6) is 0. The maximum Gasteiger partial charge on any atom is 0.0802 e. The largest absolute Gasteiger partial charge is 0.389 e. The fourth-order valence-electron chi connectivity index (χ4n) is 3.48. The number of aryl methyl sites for hydroxylation is 2. The van der Waals surface area contributed by atoms with E-state index in [1.807, 2.05) is 7.05 Å². The molecule has 0 heterocycles. The van der Waals surface area contributed by atoms with E-state index in [2.05, 4.69) is 36.9 Å². The number of aliphatic hydroxyl groups excluding tert-OH is 1. The number of benzene rings is 1. The van der Waals surface area contributed by atoms with E-state index in [4.69, 9.17) is 0 Å². The summed E-state index contributed by atoms with van der Waals surface area (Å²) in [4.78, 5) is 2.15. The van der Waals surface area contributed by atoms with Crippen molar-refractivity contribution in [3.8, 4) is 0 Å². The monoisotopic (exact) mass is 291 g/mol. The van der Waals surface area contributed by atoms with Gasteiger partial charge in [-0.3, -0.25) is 0 Å². The molecule has 3 heteroatoms. The lowest BCUT2D eigenvalue weighted by atomic mass is 10.00. The third kappa shape index (κ3) is 4.80. The van der Waals surface area contributed by atoms with Crippen LogP contribution in [0.25, 0.3) is 0 Å². The third-order valence-electron chi connectivity index (χ3n) is 4.51. The zero-order valence-electron chi connectivity index (χ0n) is 13.6. The maximum absolute atomic E-state index is 10.4. The molecular formula is C18H29NO2. The summed E-state index contributed by atoms with van der Waals surface area (Å²) in [6.07, 6.45) is 4.37. The molecule has 3 nitrogen and oxygen atoms in total. The Hall–Kier alpha value is -0.900. The van der Waals surface area contributed by atoms with E-state index in [-0.39, 0.29) is 0 Å². The summed E-state index contributed by atoms with van der Waals surface area (Å²) in [5, 5.41) is 20.8. The molecule has 1 aromatic carbocycles. The predicted molar refractivity (Wildman–Crippen MR) is 86.4 cm³/mol. The van der Waals surface area contributed by atoms with E-state index in [9.17, 15) is 10.2 Å². The Balaban J connectivity index is 1.84. The van der Waals surface area contributed by atoms with Crippen LogP contribution < -0.4 is 0 Å². The van der Waals surface area contributed by atoms with Crippen LogP contribution in [0.1, 0.15) is 54.9 Å². The van der Waals surface area contributed by atoms with Gasteiger partial charge in [0.1, 0.15) is 0 Å². The average molecular weight is 291 g/mol. The first-order valence-corrected chi connectivity index (χ1v) is 8.05. The molecule has 1 saturated carbocycles. The summed E-state index contributed by atoms with van der Waals surface area (Å²) in [5.41, 5.74) is 2.88. The molecule has 2 N–H and O–H groups in total. The topological polar surface area (TPSA) is 43.7 Å². The Morgan fingerprint density at radius 1 is 1.14 bits per heavy atom. The molecule has 21 heavy (non-hydrogen) atoms. The molecule has 1 aromatic rings. The minimum absolute atomic E-state index is 0.427. The molecular weight excluding hydrogens is 262 g/mol. The van der Waals surface area contributed by atoms with Gasteiger partial charge in [-0.15, -0.1) is 0 Å². The molecule has 0 aliphatic heterocycles. The lowest BCUT2D eigenvalue weighted by molar-refractivity contribution is 0.0129. The first-order chi connectivity index (χ1) is 9.88. The van der Waals surface area contributed by atoms with Gasteiger partial charge in [-0.2, -0.15) is 0 Å². The Morgan fingerprint density at radius 2 is 1.71 bits per heavy atom. The summed E-state index contributed by atoms with van der Waals surface area (Å²) in [7, 11) is 2.03. The van der Waals surface area contributed by atoms with Crippen LogP contribution in [0.5, 0.6) is 0 Å². The van der Waals surface area contributed by atoms with Crippen LogP contribution in [0.15, 0.2) is 18.2 Å². The van der Waals surface area contributed by atoms with Crippen molar-refractivity contribution in [3.05, 3.63) is 34.9 Å². The van der Waals surface area contributed by atoms with Gasteiger partial charge in [-0.1, -0.05) is 42.2 Å². The third-order valence-corrected chi connectivity index (χ3v) is 4.51. The second-order valence-electron chi connectivity index (χ2n) is 6.89. The molecule has 0 spiro atoms. The van der Waals surface area contributed by atoms with E-state index in [1.165, 1.54) is 11.1 Å². The van der Waals surface area contributed by atoms with E-state index < -0.39 is 11.7 Å². The van der Waals surface area contributed by atoms with E-state index in [0.29, 0.717) is 13.0 Å². The fourth-order valence-corrected chi connectivity index (χ4v) is 3.48. The highest BCUT2D eigenvalue weighted by Gasteiger charge is 2.32. The lowest BCUT2D eigenvalue weighted by Gasteiger charge is -2.29. The van der Waals surface area contributed by atoms with Crippen molar-refractivity contribution in [2.75, 3.05) is 20.1 Å². The van der Waals surface area contributed by atoms with Gasteiger partial charge in [0.25, 0.3) is 0 Å². The molecule has 1 unspecified atom stereocenters. The number of rotatable bonds is 6. The molecule has 1 aliphatic carbocycles. The molecule has 1 atom stereocenters. The van der Waals surface area contributed by atoms with Gasteiger partial charge in [-0.25, -0.2) is 0 Å². The van der Waals surface area contributed by atoms with Gasteiger partial charge < -0.3 is 15.1 Å². The van der Waals surface area contributed by atoms with Crippen molar-refractivity contribution in [1.82, 2.24) is 4.90 Å². The first kappa shape index (κ1) is 16.5. The number of hydrogen-bond acceptors (Lipinski definition) is 3. The normalized spacial score (nSPS) is 19.1. The average Bonchev–Trinajstić information content (AvgIpc) is 2.81. The van der Waals surface area contributed by atoms with E-state index >= 15 is 0 Å². The number of hydrogen-bond donors (Lipinski definition) is 2. The smallest absolute Gasteiger partial charge is 0.0802 e. The first-order valence-electron chi connectivity index (χ1n) is 8.05. The summed E-state index contributed by atoms with van der Waals surface area (Å²) >= 11 is 0. The maximum atomic E-state index is 10.4. The highest BCUT2D eigenvalue weighted by Crippen LogP contribution is 2.30. The second kappa shape index (κ2) is 6.91. The molecule has 1 fully saturated rings. The SMILES string of the molecule is Cc1cc(C)cc(C(O)CCN(C)CC2(O)CCCC2)c1. The van der Waals surface area contributed by atoms with Crippen LogP contribution in [0.4, 0.5) is 0 Å². The van der Waals surface area contributed by atoms with Crippen molar-refractivity contribution in [2.24, 2.45) is 0 Å². The minimum Gasteiger partial charge on any atom is -0.389 e. The van der Waals surface area contributed by atoms with Gasteiger partial charge in [0.2, 0.25) is 0 Å². The Bertz CT molecular complexity index is 446. The van der Waals surface area contributed by atoms with Crippen LogP contribution in [0.3, 0.4) is 0 Å². The highest BCUT2D eigenvalue weighted by atomic mass is 16.3. The predicted octanol–water partition coefficient (Wildman–Crippen LogP) is 2.96. The fraction of sp³-hybridized carbons (Fsp3) is 0.667. The van der Waals surface area contributed by atoms with E-state index in [0.717, 1.165) is 37.8 Å². The molecule has 2 rings (SSSR count). The zero-order chi connectivity index (χ0) is 15.5. The van der Waals surface area contributed by atoms with Gasteiger partial charge in [0, 0.05) is 13.1 Å². The zero-order valence-corrected chi connectivity index (χ0v) is 13.6. The molecule has 0 amide bonds. The highest BCUT2D eigenvalue weighted by molar-refractivity contribution is 5.29.